The van der Waals surface area contributed by atoms with E-state index in [1.807, 2.05) is 23.1 Å². The largest absolute Gasteiger partial charge is 0.340 e. The fourth-order valence-electron chi connectivity index (χ4n) is 2.24. The lowest BCUT2D eigenvalue weighted by molar-refractivity contribution is -0.131. The predicted molar refractivity (Wildman–Crippen MR) is 68.9 cm³/mol. The summed E-state index contributed by atoms with van der Waals surface area (Å²) < 4.78 is 0. The number of hydrogen-bond donors (Lipinski definition) is 1. The number of carbonyl (C=O) groups excluding carboxylic acids is 1. The molecule has 0 bridgehead atoms. The number of piperazine rings is 1. The first-order valence-electron chi connectivity index (χ1n) is 6.22. The van der Waals surface area contributed by atoms with Crippen LogP contribution in [0.25, 0.3) is 0 Å². The number of hydrogen-bond acceptors (Lipinski definition) is 2. The molecule has 3 nitrogen and oxygen atoms in total. The molecule has 1 aliphatic heterocycles. The second-order valence-corrected chi connectivity index (χ2v) is 4.80. The number of amides is 1. The van der Waals surface area contributed by atoms with Crippen LogP contribution in [0.5, 0.6) is 0 Å². The molecule has 17 heavy (non-hydrogen) atoms. The number of rotatable bonds is 2. The van der Waals surface area contributed by atoms with Gasteiger partial charge < -0.3 is 10.2 Å². The van der Waals surface area contributed by atoms with E-state index in [4.69, 9.17) is 0 Å². The third-order valence-electron chi connectivity index (χ3n) is 3.32. The molecule has 1 saturated heterocycles. The van der Waals surface area contributed by atoms with Gasteiger partial charge in [-0.1, -0.05) is 24.3 Å². The molecule has 0 aromatic heterocycles. The molecule has 3 heteroatoms. The fraction of sp³-hybridized carbons (Fsp3) is 0.500. The van der Waals surface area contributed by atoms with Gasteiger partial charge in [-0.05, 0) is 25.0 Å². The van der Waals surface area contributed by atoms with Crippen molar-refractivity contribution >= 4 is 5.91 Å². The number of aryl methyl sites for hydroxylation is 1. The summed E-state index contributed by atoms with van der Waals surface area (Å²) in [5.74, 6) is 0.243. The molecule has 1 heterocycles. The van der Waals surface area contributed by atoms with E-state index < -0.39 is 0 Å². The van der Waals surface area contributed by atoms with Crippen molar-refractivity contribution in [3.05, 3.63) is 35.4 Å². The third-order valence-corrected chi connectivity index (χ3v) is 3.32. The Labute approximate surface area is 103 Å². The minimum atomic E-state index is 0.243. The van der Waals surface area contributed by atoms with Gasteiger partial charge in [-0.3, -0.25) is 4.79 Å². The second kappa shape index (κ2) is 5.32. The van der Waals surface area contributed by atoms with E-state index in [0.29, 0.717) is 12.5 Å². The maximum absolute atomic E-state index is 12.2. The maximum atomic E-state index is 12.2. The highest BCUT2D eigenvalue weighted by Gasteiger charge is 2.20. The number of nitrogens with zero attached hydrogens (tertiary/aromatic N) is 1. The lowest BCUT2D eigenvalue weighted by Crippen LogP contribution is -2.51. The normalized spacial score (nSPS) is 20.4. The first kappa shape index (κ1) is 12.1. The monoisotopic (exact) mass is 232 g/mol. The Morgan fingerprint density at radius 2 is 2.24 bits per heavy atom. The summed E-state index contributed by atoms with van der Waals surface area (Å²) in [6, 6.07) is 8.51. The Bertz CT molecular complexity index is 403. The molecule has 0 spiro atoms. The lowest BCUT2D eigenvalue weighted by atomic mass is 10.0. The molecule has 2 rings (SSSR count). The summed E-state index contributed by atoms with van der Waals surface area (Å²) in [6.07, 6.45) is 0.527. The summed E-state index contributed by atoms with van der Waals surface area (Å²) >= 11 is 0. The SMILES string of the molecule is Cc1ccccc1CC(=O)N1CCN[C@@H](C)C1. The number of benzene rings is 1. The van der Waals surface area contributed by atoms with Crippen LogP contribution in [0.4, 0.5) is 0 Å². The fourth-order valence-corrected chi connectivity index (χ4v) is 2.24. The minimum absolute atomic E-state index is 0.243. The van der Waals surface area contributed by atoms with E-state index in [1.54, 1.807) is 0 Å². The summed E-state index contributed by atoms with van der Waals surface area (Å²) in [4.78, 5) is 14.1. The molecular weight excluding hydrogens is 212 g/mol. The van der Waals surface area contributed by atoms with Gasteiger partial charge in [-0.25, -0.2) is 0 Å². The van der Waals surface area contributed by atoms with Gasteiger partial charge in [0.15, 0.2) is 0 Å². The van der Waals surface area contributed by atoms with E-state index in [0.717, 1.165) is 25.2 Å². The van der Waals surface area contributed by atoms with Crippen molar-refractivity contribution in [2.45, 2.75) is 26.3 Å². The van der Waals surface area contributed by atoms with Gasteiger partial charge in [0.2, 0.25) is 5.91 Å². The standard InChI is InChI=1S/C14H20N2O/c1-11-5-3-4-6-13(11)9-14(17)16-8-7-15-12(2)10-16/h3-6,12,15H,7-10H2,1-2H3/t12-/m0/s1. The zero-order valence-corrected chi connectivity index (χ0v) is 10.6. The average molecular weight is 232 g/mol. The lowest BCUT2D eigenvalue weighted by Gasteiger charge is -2.32. The summed E-state index contributed by atoms with van der Waals surface area (Å²) in [6.45, 7) is 6.73. The molecule has 1 aliphatic rings. The Balaban J connectivity index is 1.99. The Morgan fingerprint density at radius 1 is 1.47 bits per heavy atom. The predicted octanol–water partition coefficient (Wildman–Crippen LogP) is 1.36. The van der Waals surface area contributed by atoms with Crippen molar-refractivity contribution in [3.8, 4) is 0 Å². The Kier molecular flexibility index (Phi) is 3.79. The third kappa shape index (κ3) is 3.07. The van der Waals surface area contributed by atoms with E-state index in [-0.39, 0.29) is 5.91 Å². The molecule has 0 unspecified atom stereocenters. The molecule has 0 aliphatic carbocycles. The van der Waals surface area contributed by atoms with Crippen LogP contribution >= 0.6 is 0 Å². The second-order valence-electron chi connectivity index (χ2n) is 4.80. The van der Waals surface area contributed by atoms with Crippen molar-refractivity contribution in [1.82, 2.24) is 10.2 Å². The molecule has 1 amide bonds. The Morgan fingerprint density at radius 3 is 2.94 bits per heavy atom. The molecule has 1 fully saturated rings. The van der Waals surface area contributed by atoms with Crippen LogP contribution in [0.1, 0.15) is 18.1 Å². The topological polar surface area (TPSA) is 32.3 Å². The van der Waals surface area contributed by atoms with Crippen molar-refractivity contribution in [3.63, 3.8) is 0 Å². The van der Waals surface area contributed by atoms with Crippen molar-refractivity contribution in [1.29, 1.82) is 0 Å². The Hall–Kier alpha value is -1.35. The van der Waals surface area contributed by atoms with Gasteiger partial charge in [-0.15, -0.1) is 0 Å². The summed E-state index contributed by atoms with van der Waals surface area (Å²) in [5.41, 5.74) is 2.34. The van der Waals surface area contributed by atoms with E-state index in [2.05, 4.69) is 25.2 Å². The number of carbonyl (C=O) groups is 1. The van der Waals surface area contributed by atoms with E-state index in [1.165, 1.54) is 5.56 Å². The molecule has 1 aromatic rings. The van der Waals surface area contributed by atoms with Gasteiger partial charge in [0, 0.05) is 25.7 Å². The molecule has 92 valence electrons. The zero-order chi connectivity index (χ0) is 12.3. The van der Waals surface area contributed by atoms with Crippen LogP contribution in [0.2, 0.25) is 0 Å². The number of nitrogens with one attached hydrogen (secondary N) is 1. The summed E-state index contributed by atoms with van der Waals surface area (Å²) in [7, 11) is 0. The molecule has 1 N–H and O–H groups in total. The van der Waals surface area contributed by atoms with Crippen LogP contribution in [0, 0.1) is 6.92 Å². The zero-order valence-electron chi connectivity index (χ0n) is 10.6. The molecule has 0 saturated carbocycles. The molecule has 1 aromatic carbocycles. The van der Waals surface area contributed by atoms with Crippen LogP contribution in [0.3, 0.4) is 0 Å². The maximum Gasteiger partial charge on any atom is 0.227 e. The van der Waals surface area contributed by atoms with Crippen LogP contribution in [-0.2, 0) is 11.2 Å². The van der Waals surface area contributed by atoms with Gasteiger partial charge in [-0.2, -0.15) is 0 Å². The van der Waals surface area contributed by atoms with Crippen LogP contribution in [-0.4, -0.2) is 36.5 Å². The van der Waals surface area contributed by atoms with Gasteiger partial charge in [0.25, 0.3) is 0 Å². The van der Waals surface area contributed by atoms with E-state index >= 15 is 0 Å². The smallest absolute Gasteiger partial charge is 0.227 e. The summed E-state index contributed by atoms with van der Waals surface area (Å²) in [5, 5.41) is 3.35. The average Bonchev–Trinajstić information content (AvgIpc) is 2.32. The van der Waals surface area contributed by atoms with Crippen LogP contribution in [0.15, 0.2) is 24.3 Å². The van der Waals surface area contributed by atoms with Crippen LogP contribution < -0.4 is 5.32 Å². The quantitative estimate of drug-likeness (QED) is 0.835. The molecule has 0 radical (unpaired) electrons. The minimum Gasteiger partial charge on any atom is -0.340 e. The first-order chi connectivity index (χ1) is 8.16. The molecular formula is C14H20N2O. The highest BCUT2D eigenvalue weighted by molar-refractivity contribution is 5.79. The van der Waals surface area contributed by atoms with E-state index in [9.17, 15) is 4.79 Å². The van der Waals surface area contributed by atoms with Gasteiger partial charge in [0.1, 0.15) is 0 Å². The van der Waals surface area contributed by atoms with Crippen molar-refractivity contribution in [2.75, 3.05) is 19.6 Å². The molecule has 1 atom stereocenters. The first-order valence-corrected chi connectivity index (χ1v) is 6.22. The van der Waals surface area contributed by atoms with Crippen molar-refractivity contribution in [2.24, 2.45) is 0 Å². The van der Waals surface area contributed by atoms with Crippen molar-refractivity contribution < 1.29 is 4.79 Å². The van der Waals surface area contributed by atoms with Gasteiger partial charge >= 0.3 is 0 Å². The highest BCUT2D eigenvalue weighted by atomic mass is 16.2. The highest BCUT2D eigenvalue weighted by Crippen LogP contribution is 2.10. The van der Waals surface area contributed by atoms with Gasteiger partial charge in [0.05, 0.1) is 6.42 Å².